The lowest BCUT2D eigenvalue weighted by molar-refractivity contribution is -0.152. The number of ether oxygens (including phenoxy) is 2. The third kappa shape index (κ3) is 6.35. The summed E-state index contributed by atoms with van der Waals surface area (Å²) in [6.45, 7) is 9.79. The predicted molar refractivity (Wildman–Crippen MR) is 85.3 cm³/mol. The highest BCUT2D eigenvalue weighted by Gasteiger charge is 2.35. The van der Waals surface area contributed by atoms with Crippen molar-refractivity contribution in [1.82, 2.24) is 5.32 Å². The Bertz CT molecular complexity index is 302. The van der Waals surface area contributed by atoms with Crippen molar-refractivity contribution in [2.24, 2.45) is 5.92 Å². The summed E-state index contributed by atoms with van der Waals surface area (Å²) < 4.78 is 11.2. The molecule has 1 aliphatic rings. The molecule has 0 aliphatic heterocycles. The van der Waals surface area contributed by atoms with E-state index in [-0.39, 0.29) is 12.1 Å². The first-order valence-electron chi connectivity index (χ1n) is 8.55. The maximum atomic E-state index is 12.2. The molecule has 1 fully saturated rings. The van der Waals surface area contributed by atoms with Gasteiger partial charge in [0.15, 0.2) is 0 Å². The predicted octanol–water partition coefficient (Wildman–Crippen LogP) is 3.29. The van der Waals surface area contributed by atoms with Gasteiger partial charge < -0.3 is 14.8 Å². The molecule has 4 heteroatoms. The minimum Gasteiger partial charge on any atom is -0.465 e. The summed E-state index contributed by atoms with van der Waals surface area (Å²) in [6, 6.07) is 0. The smallest absolute Gasteiger partial charge is 0.326 e. The first kappa shape index (κ1) is 18.4. The SMILES string of the molecule is CCNC(C)(CC(C)OCC1CCCCC1)C(=O)OCC. The van der Waals surface area contributed by atoms with Gasteiger partial charge in [0.05, 0.1) is 12.7 Å². The topological polar surface area (TPSA) is 47.6 Å². The van der Waals surface area contributed by atoms with Crippen LogP contribution in [0.15, 0.2) is 0 Å². The van der Waals surface area contributed by atoms with Gasteiger partial charge in [-0.1, -0.05) is 26.2 Å². The van der Waals surface area contributed by atoms with Crippen LogP contribution < -0.4 is 5.32 Å². The quantitative estimate of drug-likeness (QED) is 0.664. The lowest BCUT2D eigenvalue weighted by atomic mass is 9.90. The second-order valence-corrected chi connectivity index (χ2v) is 6.44. The van der Waals surface area contributed by atoms with Crippen LogP contribution in [0, 0.1) is 5.92 Å². The number of esters is 1. The molecular formula is C17H33NO3. The van der Waals surface area contributed by atoms with Crippen molar-refractivity contribution in [2.45, 2.75) is 77.9 Å². The number of rotatable bonds is 9. The van der Waals surface area contributed by atoms with Crippen molar-refractivity contribution in [3.05, 3.63) is 0 Å². The van der Waals surface area contributed by atoms with Gasteiger partial charge in [0.2, 0.25) is 0 Å². The van der Waals surface area contributed by atoms with Gasteiger partial charge >= 0.3 is 5.97 Å². The molecule has 1 aliphatic carbocycles. The molecule has 0 spiro atoms. The monoisotopic (exact) mass is 299 g/mol. The van der Waals surface area contributed by atoms with Crippen molar-refractivity contribution in [1.29, 1.82) is 0 Å². The fourth-order valence-corrected chi connectivity index (χ4v) is 3.20. The second kappa shape index (κ2) is 9.42. The fraction of sp³-hybridized carbons (Fsp3) is 0.941. The van der Waals surface area contributed by atoms with Crippen molar-refractivity contribution >= 4 is 5.97 Å². The van der Waals surface area contributed by atoms with Crippen LogP contribution >= 0.6 is 0 Å². The van der Waals surface area contributed by atoms with Gasteiger partial charge in [0.25, 0.3) is 0 Å². The van der Waals surface area contributed by atoms with Gasteiger partial charge in [-0.25, -0.2) is 0 Å². The van der Waals surface area contributed by atoms with Gasteiger partial charge in [-0.05, 0) is 46.1 Å². The highest BCUT2D eigenvalue weighted by atomic mass is 16.5. The summed E-state index contributed by atoms with van der Waals surface area (Å²) in [6.07, 6.45) is 7.31. The fourth-order valence-electron chi connectivity index (χ4n) is 3.20. The number of carbonyl (C=O) groups is 1. The van der Waals surface area contributed by atoms with Crippen LogP contribution in [0.2, 0.25) is 0 Å². The van der Waals surface area contributed by atoms with Gasteiger partial charge in [-0.3, -0.25) is 4.79 Å². The zero-order valence-corrected chi connectivity index (χ0v) is 14.2. The Morgan fingerprint density at radius 1 is 1.29 bits per heavy atom. The lowest BCUT2D eigenvalue weighted by Crippen LogP contribution is -2.52. The highest BCUT2D eigenvalue weighted by Crippen LogP contribution is 2.25. The minimum absolute atomic E-state index is 0.0559. The molecule has 1 rings (SSSR count). The molecule has 1 saturated carbocycles. The summed E-state index contributed by atoms with van der Waals surface area (Å²) >= 11 is 0. The minimum atomic E-state index is -0.656. The van der Waals surface area contributed by atoms with E-state index in [1.54, 1.807) is 0 Å². The molecule has 0 aromatic heterocycles. The molecule has 21 heavy (non-hydrogen) atoms. The van der Waals surface area contributed by atoms with E-state index in [4.69, 9.17) is 9.47 Å². The van der Waals surface area contributed by atoms with Crippen LogP contribution in [0.3, 0.4) is 0 Å². The Labute approximate surface area is 130 Å². The molecule has 2 unspecified atom stereocenters. The van der Waals surface area contributed by atoms with Gasteiger partial charge in [-0.15, -0.1) is 0 Å². The van der Waals surface area contributed by atoms with E-state index in [9.17, 15) is 4.79 Å². The summed E-state index contributed by atoms with van der Waals surface area (Å²) in [5.74, 6) is 0.522. The second-order valence-electron chi connectivity index (χ2n) is 6.44. The van der Waals surface area contributed by atoms with Crippen LogP contribution in [0.4, 0.5) is 0 Å². The molecule has 124 valence electrons. The third-order valence-corrected chi connectivity index (χ3v) is 4.33. The first-order valence-corrected chi connectivity index (χ1v) is 8.55. The summed E-state index contributed by atoms with van der Waals surface area (Å²) in [4.78, 5) is 12.2. The van der Waals surface area contributed by atoms with Crippen molar-refractivity contribution in [2.75, 3.05) is 19.8 Å². The van der Waals surface area contributed by atoms with Crippen LogP contribution in [-0.2, 0) is 14.3 Å². The normalized spacial score (nSPS) is 20.8. The molecule has 4 nitrogen and oxygen atoms in total. The highest BCUT2D eigenvalue weighted by molar-refractivity contribution is 5.80. The van der Waals surface area contributed by atoms with E-state index in [1.807, 2.05) is 20.8 Å². The molecular weight excluding hydrogens is 266 g/mol. The Hall–Kier alpha value is -0.610. The standard InChI is InChI=1S/C17H33NO3/c1-5-18-17(4,16(19)20-6-2)12-14(3)21-13-15-10-8-7-9-11-15/h14-15,18H,5-13H2,1-4H3. The number of nitrogens with one attached hydrogen (secondary N) is 1. The average molecular weight is 299 g/mol. The van der Waals surface area contributed by atoms with E-state index in [2.05, 4.69) is 12.2 Å². The maximum Gasteiger partial charge on any atom is 0.326 e. The summed E-state index contributed by atoms with van der Waals surface area (Å²) in [5, 5.41) is 3.26. The van der Waals surface area contributed by atoms with E-state index in [0.29, 0.717) is 18.9 Å². The molecule has 0 aromatic rings. The molecule has 0 heterocycles. The van der Waals surface area contributed by atoms with Gasteiger partial charge in [0, 0.05) is 13.0 Å². The number of likely N-dealkylation sites (N-methyl/N-ethyl adjacent to an activating group) is 1. The number of hydrogen-bond acceptors (Lipinski definition) is 4. The lowest BCUT2D eigenvalue weighted by Gasteiger charge is -2.31. The van der Waals surface area contributed by atoms with Crippen molar-refractivity contribution in [3.8, 4) is 0 Å². The van der Waals surface area contributed by atoms with Crippen LogP contribution in [-0.4, -0.2) is 37.4 Å². The van der Waals surface area contributed by atoms with Crippen LogP contribution in [0.1, 0.15) is 66.2 Å². The van der Waals surface area contributed by atoms with Crippen LogP contribution in [0.5, 0.6) is 0 Å². The molecule has 0 bridgehead atoms. The zero-order chi connectivity index (χ0) is 15.7. The molecule has 1 N–H and O–H groups in total. The van der Waals surface area contributed by atoms with Crippen molar-refractivity contribution in [3.63, 3.8) is 0 Å². The Balaban J connectivity index is 2.43. The third-order valence-electron chi connectivity index (χ3n) is 4.33. The first-order chi connectivity index (χ1) is 10.0. The molecule has 2 atom stereocenters. The molecule has 0 amide bonds. The molecule has 0 saturated heterocycles. The summed E-state index contributed by atoms with van der Waals surface area (Å²) in [7, 11) is 0. The van der Waals surface area contributed by atoms with Crippen molar-refractivity contribution < 1.29 is 14.3 Å². The maximum absolute atomic E-state index is 12.2. The summed E-state index contributed by atoms with van der Waals surface area (Å²) in [5.41, 5.74) is -0.656. The van der Waals surface area contributed by atoms with E-state index < -0.39 is 5.54 Å². The Morgan fingerprint density at radius 3 is 2.52 bits per heavy atom. The zero-order valence-electron chi connectivity index (χ0n) is 14.2. The van der Waals surface area contributed by atoms with Gasteiger partial charge in [0.1, 0.15) is 5.54 Å². The Morgan fingerprint density at radius 2 is 1.95 bits per heavy atom. The number of carbonyl (C=O) groups excluding carboxylic acids is 1. The number of hydrogen-bond donors (Lipinski definition) is 1. The largest absolute Gasteiger partial charge is 0.465 e. The Kier molecular flexibility index (Phi) is 8.27. The van der Waals surface area contributed by atoms with Crippen LogP contribution in [0.25, 0.3) is 0 Å². The molecule has 0 aromatic carbocycles. The molecule has 0 radical (unpaired) electrons. The van der Waals surface area contributed by atoms with E-state index in [1.165, 1.54) is 32.1 Å². The van der Waals surface area contributed by atoms with E-state index in [0.717, 1.165) is 13.2 Å². The van der Waals surface area contributed by atoms with Gasteiger partial charge in [-0.2, -0.15) is 0 Å². The average Bonchev–Trinajstić information content (AvgIpc) is 2.46. The van der Waals surface area contributed by atoms with E-state index >= 15 is 0 Å².